The van der Waals surface area contributed by atoms with E-state index in [1.54, 1.807) is 19.9 Å². The molecule has 0 radical (unpaired) electrons. The molecule has 0 bridgehead atoms. The van der Waals surface area contributed by atoms with Gasteiger partial charge in [0, 0.05) is 13.1 Å². The van der Waals surface area contributed by atoms with Crippen molar-refractivity contribution >= 4 is 17.4 Å². The maximum absolute atomic E-state index is 12.6. The number of nitrogens with one attached hydrogen (secondary N) is 1. The molecule has 0 aromatic carbocycles. The topological polar surface area (TPSA) is 114 Å². The fourth-order valence-electron chi connectivity index (χ4n) is 2.46. The van der Waals surface area contributed by atoms with Crippen molar-refractivity contribution in [1.29, 1.82) is 0 Å². The largest absolute Gasteiger partial charge is 0.456 e. The third-order valence-corrected chi connectivity index (χ3v) is 3.73. The highest BCUT2D eigenvalue weighted by Crippen LogP contribution is 2.20. The zero-order chi connectivity index (χ0) is 17.9. The lowest BCUT2D eigenvalue weighted by molar-refractivity contribution is 0.0960. The molecular weight excluding hydrogens is 312 g/mol. The number of aryl methyl sites for hydroxylation is 1. The van der Waals surface area contributed by atoms with Gasteiger partial charge in [0.2, 0.25) is 0 Å². The Kier molecular flexibility index (Phi) is 5.28. The lowest BCUT2D eigenvalue weighted by Crippen LogP contribution is -2.41. The number of nitrogen functional groups attached to an aromatic ring is 1. The van der Waals surface area contributed by atoms with Crippen LogP contribution in [0, 0.1) is 6.92 Å². The molecule has 0 aliphatic heterocycles. The van der Waals surface area contributed by atoms with Crippen molar-refractivity contribution < 1.29 is 9.21 Å². The smallest absolute Gasteiger partial charge is 0.330 e. The van der Waals surface area contributed by atoms with E-state index >= 15 is 0 Å². The van der Waals surface area contributed by atoms with Crippen molar-refractivity contribution in [2.45, 2.75) is 40.2 Å². The second-order valence-electron chi connectivity index (χ2n) is 5.46. The molecule has 2 heterocycles. The van der Waals surface area contributed by atoms with Gasteiger partial charge >= 0.3 is 5.69 Å². The molecular formula is C16H22N4O4. The van der Waals surface area contributed by atoms with Crippen LogP contribution in [0.15, 0.2) is 26.1 Å². The van der Waals surface area contributed by atoms with Gasteiger partial charge in [-0.25, -0.2) is 4.79 Å². The van der Waals surface area contributed by atoms with Crippen LogP contribution in [0.5, 0.6) is 0 Å². The molecule has 0 fully saturated rings. The number of hydrogen-bond donors (Lipinski definition) is 2. The number of nitrogens with two attached hydrogens (primary N) is 1. The average molecular weight is 334 g/mol. The number of carbonyl (C=O) groups excluding carboxylic acids is 1. The highest BCUT2D eigenvalue weighted by molar-refractivity contribution is 6.05. The second kappa shape index (κ2) is 7.20. The van der Waals surface area contributed by atoms with E-state index in [0.717, 1.165) is 12.8 Å². The van der Waals surface area contributed by atoms with Gasteiger partial charge in [0.05, 0.1) is 0 Å². The van der Waals surface area contributed by atoms with Crippen molar-refractivity contribution in [1.82, 2.24) is 9.55 Å². The fraction of sp³-hybridized carbons (Fsp3) is 0.438. The monoisotopic (exact) mass is 334 g/mol. The molecule has 1 amide bonds. The molecule has 8 heteroatoms. The first-order valence-electron chi connectivity index (χ1n) is 7.91. The molecule has 0 spiro atoms. The van der Waals surface area contributed by atoms with Gasteiger partial charge in [0.25, 0.3) is 11.5 Å². The van der Waals surface area contributed by atoms with Crippen LogP contribution < -0.4 is 21.9 Å². The Labute approximate surface area is 138 Å². The first kappa shape index (κ1) is 17.6. The molecule has 3 N–H and O–H groups in total. The lowest BCUT2D eigenvalue weighted by Gasteiger charge is -2.22. The number of furan rings is 1. The molecule has 130 valence electrons. The van der Waals surface area contributed by atoms with Gasteiger partial charge in [-0.2, -0.15) is 0 Å². The van der Waals surface area contributed by atoms with Gasteiger partial charge < -0.3 is 10.2 Å². The third-order valence-electron chi connectivity index (χ3n) is 3.73. The fourth-order valence-corrected chi connectivity index (χ4v) is 2.46. The summed E-state index contributed by atoms with van der Waals surface area (Å²) in [5.74, 6) is 0.197. The number of anilines is 2. The minimum absolute atomic E-state index is 0.0179. The third kappa shape index (κ3) is 3.27. The second-order valence-corrected chi connectivity index (χ2v) is 5.46. The first-order valence-corrected chi connectivity index (χ1v) is 7.91. The van der Waals surface area contributed by atoms with Crippen molar-refractivity contribution in [2.24, 2.45) is 0 Å². The maximum atomic E-state index is 12.6. The van der Waals surface area contributed by atoms with E-state index in [1.807, 2.05) is 6.92 Å². The Hall–Kier alpha value is -2.77. The Morgan fingerprint density at radius 1 is 1.33 bits per heavy atom. The highest BCUT2D eigenvalue weighted by Gasteiger charge is 2.25. The van der Waals surface area contributed by atoms with Crippen LogP contribution in [0.3, 0.4) is 0 Å². The van der Waals surface area contributed by atoms with Crippen LogP contribution in [0.4, 0.5) is 11.5 Å². The van der Waals surface area contributed by atoms with Gasteiger partial charge in [-0.1, -0.05) is 13.3 Å². The summed E-state index contributed by atoms with van der Waals surface area (Å²) in [6, 6.07) is 3.20. The normalized spacial score (nSPS) is 10.8. The minimum Gasteiger partial charge on any atom is -0.456 e. The van der Waals surface area contributed by atoms with E-state index in [4.69, 9.17) is 10.2 Å². The number of unbranched alkanes of at least 4 members (excludes halogenated alkanes) is 1. The molecule has 0 aliphatic rings. The summed E-state index contributed by atoms with van der Waals surface area (Å²) in [5, 5.41) is 0. The van der Waals surface area contributed by atoms with Crippen molar-refractivity contribution in [3.8, 4) is 0 Å². The lowest BCUT2D eigenvalue weighted by atomic mass is 10.3. The summed E-state index contributed by atoms with van der Waals surface area (Å²) in [6.45, 7) is 6.00. The summed E-state index contributed by atoms with van der Waals surface area (Å²) < 4.78 is 6.62. The molecule has 0 saturated heterocycles. The van der Waals surface area contributed by atoms with Gasteiger partial charge in [0.1, 0.15) is 11.6 Å². The van der Waals surface area contributed by atoms with E-state index < -0.39 is 17.2 Å². The maximum Gasteiger partial charge on any atom is 0.330 e. The van der Waals surface area contributed by atoms with E-state index in [1.165, 1.54) is 15.5 Å². The average Bonchev–Trinajstić information content (AvgIpc) is 2.97. The number of rotatable bonds is 6. The van der Waals surface area contributed by atoms with Crippen LogP contribution in [0.25, 0.3) is 0 Å². The van der Waals surface area contributed by atoms with Gasteiger partial charge in [-0.3, -0.25) is 24.0 Å². The number of amides is 1. The van der Waals surface area contributed by atoms with Crippen LogP contribution in [0.2, 0.25) is 0 Å². The number of nitrogens with zero attached hydrogens (tertiary/aromatic N) is 2. The van der Waals surface area contributed by atoms with E-state index in [0.29, 0.717) is 12.3 Å². The predicted molar refractivity (Wildman–Crippen MR) is 91.4 cm³/mol. The van der Waals surface area contributed by atoms with Gasteiger partial charge in [-0.05, 0) is 32.4 Å². The van der Waals surface area contributed by atoms with Crippen LogP contribution >= 0.6 is 0 Å². The molecule has 2 aromatic heterocycles. The molecule has 8 nitrogen and oxygen atoms in total. The van der Waals surface area contributed by atoms with Crippen LogP contribution in [-0.4, -0.2) is 22.0 Å². The SMILES string of the molecule is CCCCn1c(N)c(N(CC)C(=O)c2ccc(C)o2)c(=O)[nH]c1=O. The zero-order valence-electron chi connectivity index (χ0n) is 14.1. The summed E-state index contributed by atoms with van der Waals surface area (Å²) in [6.07, 6.45) is 1.59. The summed E-state index contributed by atoms with van der Waals surface area (Å²) >= 11 is 0. The zero-order valence-corrected chi connectivity index (χ0v) is 14.1. The molecule has 0 saturated carbocycles. The number of H-pyrrole nitrogens is 1. The predicted octanol–water partition coefficient (Wildman–Crippen LogP) is 1.49. The molecule has 0 aliphatic carbocycles. The molecule has 2 aromatic rings. The summed E-state index contributed by atoms with van der Waals surface area (Å²) in [7, 11) is 0. The first-order chi connectivity index (χ1) is 11.4. The summed E-state index contributed by atoms with van der Waals surface area (Å²) in [5.41, 5.74) is 4.74. The van der Waals surface area contributed by atoms with E-state index in [9.17, 15) is 14.4 Å². The summed E-state index contributed by atoms with van der Waals surface area (Å²) in [4.78, 5) is 40.3. The van der Waals surface area contributed by atoms with Crippen LogP contribution in [0.1, 0.15) is 43.0 Å². The Bertz CT molecular complexity index is 846. The Morgan fingerprint density at radius 3 is 2.58 bits per heavy atom. The number of aromatic amines is 1. The Balaban J connectivity index is 2.53. The minimum atomic E-state index is -0.691. The van der Waals surface area contributed by atoms with Crippen molar-refractivity contribution in [3.05, 3.63) is 44.5 Å². The Morgan fingerprint density at radius 2 is 2.04 bits per heavy atom. The molecule has 0 atom stereocenters. The van der Waals surface area contributed by atoms with Crippen molar-refractivity contribution in [2.75, 3.05) is 17.2 Å². The number of aromatic nitrogens is 2. The molecule has 24 heavy (non-hydrogen) atoms. The number of carbonyl (C=O) groups is 1. The van der Waals surface area contributed by atoms with Crippen LogP contribution in [-0.2, 0) is 6.54 Å². The standard InChI is InChI=1S/C16H22N4O4/c1-4-6-9-20-13(17)12(14(21)18-16(20)23)19(5-2)15(22)11-8-7-10(3)24-11/h7-8H,4-6,9,17H2,1-3H3,(H,18,21,23). The van der Waals surface area contributed by atoms with E-state index in [2.05, 4.69) is 4.98 Å². The van der Waals surface area contributed by atoms with Crippen molar-refractivity contribution in [3.63, 3.8) is 0 Å². The highest BCUT2D eigenvalue weighted by atomic mass is 16.3. The molecule has 0 unspecified atom stereocenters. The van der Waals surface area contributed by atoms with Gasteiger partial charge in [0.15, 0.2) is 11.4 Å². The molecule has 2 rings (SSSR count). The van der Waals surface area contributed by atoms with E-state index in [-0.39, 0.29) is 23.8 Å². The number of hydrogen-bond acceptors (Lipinski definition) is 5. The quantitative estimate of drug-likeness (QED) is 0.830. The van der Waals surface area contributed by atoms with Gasteiger partial charge in [-0.15, -0.1) is 0 Å².